The molecule has 166 valence electrons. The number of guanidine groups is 1. The first-order valence-corrected chi connectivity index (χ1v) is 9.71. The van der Waals surface area contributed by atoms with Crippen LogP contribution in [0.2, 0.25) is 0 Å². The van der Waals surface area contributed by atoms with Crippen LogP contribution in [0.15, 0.2) is 29.3 Å². The SMILES string of the molecule is CCNC(=NCC#Cc1cccc(C(F)(F)F)c1)N1CCC(C(=O)OCC)CC1.I. The van der Waals surface area contributed by atoms with Crippen LogP contribution in [0.4, 0.5) is 13.2 Å². The second-order valence-corrected chi connectivity index (χ2v) is 6.56. The van der Waals surface area contributed by atoms with Gasteiger partial charge in [0.05, 0.1) is 18.1 Å². The molecular formula is C21H27F3IN3O2. The lowest BCUT2D eigenvalue weighted by atomic mass is 9.97. The minimum atomic E-state index is -4.39. The number of halogens is 4. The molecule has 0 aromatic heterocycles. The van der Waals surface area contributed by atoms with Gasteiger partial charge in [0.25, 0.3) is 0 Å². The number of rotatable bonds is 4. The van der Waals surface area contributed by atoms with E-state index in [0.717, 1.165) is 12.1 Å². The molecule has 0 unspecified atom stereocenters. The van der Waals surface area contributed by atoms with Crippen LogP contribution in [0.1, 0.15) is 37.8 Å². The highest BCUT2D eigenvalue weighted by Gasteiger charge is 2.30. The Kier molecular flexibility index (Phi) is 11.0. The number of carbonyl (C=O) groups excluding carboxylic acids is 1. The molecule has 1 saturated heterocycles. The molecule has 0 spiro atoms. The number of aliphatic imine (C=N–C) groups is 1. The van der Waals surface area contributed by atoms with E-state index in [4.69, 9.17) is 4.74 Å². The molecule has 5 nitrogen and oxygen atoms in total. The van der Waals surface area contributed by atoms with Crippen molar-refractivity contribution in [3.63, 3.8) is 0 Å². The standard InChI is InChI=1S/C21H26F3N3O2.HI/c1-3-25-20(27-13-10-17(11-14-27)19(28)29-4-2)26-12-6-8-16-7-5-9-18(15-16)21(22,23)24;/h5,7,9,15,17H,3-4,10-14H2,1-2H3,(H,25,26);1H. The summed E-state index contributed by atoms with van der Waals surface area (Å²) >= 11 is 0. The molecule has 2 rings (SSSR count). The monoisotopic (exact) mass is 537 g/mol. The molecule has 0 amide bonds. The maximum atomic E-state index is 12.8. The Bertz CT molecular complexity index is 780. The Balaban J connectivity index is 0.00000450. The summed E-state index contributed by atoms with van der Waals surface area (Å²) in [7, 11) is 0. The van der Waals surface area contributed by atoms with Crippen molar-refractivity contribution in [3.8, 4) is 11.8 Å². The Morgan fingerprint density at radius 1 is 1.30 bits per heavy atom. The van der Waals surface area contributed by atoms with E-state index in [9.17, 15) is 18.0 Å². The number of hydrogen-bond donors (Lipinski definition) is 1. The molecule has 0 saturated carbocycles. The number of likely N-dealkylation sites (tertiary alicyclic amines) is 1. The average molecular weight is 537 g/mol. The summed E-state index contributed by atoms with van der Waals surface area (Å²) in [5.41, 5.74) is -0.416. The topological polar surface area (TPSA) is 53.9 Å². The number of carbonyl (C=O) groups is 1. The normalized spacial score (nSPS) is 15.0. The van der Waals surface area contributed by atoms with E-state index in [1.54, 1.807) is 6.92 Å². The van der Waals surface area contributed by atoms with Gasteiger partial charge in [-0.3, -0.25) is 4.79 Å². The van der Waals surface area contributed by atoms with Crippen LogP contribution in [0.5, 0.6) is 0 Å². The number of benzene rings is 1. The van der Waals surface area contributed by atoms with Gasteiger partial charge >= 0.3 is 12.1 Å². The molecular weight excluding hydrogens is 510 g/mol. The minimum Gasteiger partial charge on any atom is -0.466 e. The summed E-state index contributed by atoms with van der Waals surface area (Å²) in [6, 6.07) is 4.93. The van der Waals surface area contributed by atoms with Gasteiger partial charge in [0, 0.05) is 25.2 Å². The number of esters is 1. The Morgan fingerprint density at radius 2 is 2.00 bits per heavy atom. The van der Waals surface area contributed by atoms with Crippen LogP contribution in [0, 0.1) is 17.8 Å². The highest BCUT2D eigenvalue weighted by molar-refractivity contribution is 14.0. The number of ether oxygens (including phenoxy) is 1. The summed E-state index contributed by atoms with van der Waals surface area (Å²) in [6.45, 7) is 6.33. The van der Waals surface area contributed by atoms with Crippen molar-refractivity contribution in [1.82, 2.24) is 10.2 Å². The molecule has 30 heavy (non-hydrogen) atoms. The maximum absolute atomic E-state index is 12.8. The Hall–Kier alpha value is -1.96. The van der Waals surface area contributed by atoms with E-state index in [2.05, 4.69) is 27.0 Å². The summed E-state index contributed by atoms with van der Waals surface area (Å²) in [5.74, 6) is 5.98. The van der Waals surface area contributed by atoms with Crippen molar-refractivity contribution in [2.45, 2.75) is 32.9 Å². The highest BCUT2D eigenvalue weighted by Crippen LogP contribution is 2.29. The second-order valence-electron chi connectivity index (χ2n) is 6.56. The van der Waals surface area contributed by atoms with Crippen molar-refractivity contribution in [2.24, 2.45) is 10.9 Å². The maximum Gasteiger partial charge on any atom is 0.416 e. The summed E-state index contributed by atoms with van der Waals surface area (Å²) in [6.07, 6.45) is -3.00. The van der Waals surface area contributed by atoms with Crippen molar-refractivity contribution >= 4 is 35.9 Å². The zero-order valence-electron chi connectivity index (χ0n) is 17.1. The van der Waals surface area contributed by atoms with Gasteiger partial charge in [-0.2, -0.15) is 13.2 Å². The summed E-state index contributed by atoms with van der Waals surface area (Å²) in [5, 5.41) is 3.19. The van der Waals surface area contributed by atoms with E-state index < -0.39 is 11.7 Å². The third kappa shape index (κ3) is 8.05. The van der Waals surface area contributed by atoms with Crippen molar-refractivity contribution in [1.29, 1.82) is 0 Å². The van der Waals surface area contributed by atoms with Gasteiger partial charge < -0.3 is 15.0 Å². The Labute approximate surface area is 192 Å². The molecule has 0 radical (unpaired) electrons. The number of alkyl halides is 3. The molecule has 0 bridgehead atoms. The second kappa shape index (κ2) is 12.7. The molecule has 0 atom stereocenters. The van der Waals surface area contributed by atoms with Crippen LogP contribution in [0.25, 0.3) is 0 Å². The summed E-state index contributed by atoms with van der Waals surface area (Å²) < 4.78 is 43.4. The van der Waals surface area contributed by atoms with Gasteiger partial charge in [-0.25, -0.2) is 4.99 Å². The van der Waals surface area contributed by atoms with Crippen molar-refractivity contribution in [2.75, 3.05) is 32.8 Å². The van der Waals surface area contributed by atoms with Crippen molar-refractivity contribution < 1.29 is 22.7 Å². The van der Waals surface area contributed by atoms with Gasteiger partial charge in [0.15, 0.2) is 5.96 Å². The van der Waals surface area contributed by atoms with Crippen LogP contribution >= 0.6 is 24.0 Å². The number of piperidine rings is 1. The van der Waals surface area contributed by atoms with E-state index in [0.29, 0.717) is 50.6 Å². The van der Waals surface area contributed by atoms with Crippen LogP contribution in [0.3, 0.4) is 0 Å². The molecule has 1 aromatic rings. The summed E-state index contributed by atoms with van der Waals surface area (Å²) in [4.78, 5) is 18.4. The molecule has 1 aromatic carbocycles. The number of hydrogen-bond acceptors (Lipinski definition) is 3. The number of nitrogens with zero attached hydrogens (tertiary/aromatic N) is 2. The molecule has 1 fully saturated rings. The largest absolute Gasteiger partial charge is 0.466 e. The predicted molar refractivity (Wildman–Crippen MR) is 121 cm³/mol. The molecule has 1 heterocycles. The predicted octanol–water partition coefficient (Wildman–Crippen LogP) is 3.92. The van der Waals surface area contributed by atoms with Crippen molar-refractivity contribution in [3.05, 3.63) is 35.4 Å². The first-order chi connectivity index (χ1) is 13.8. The number of nitrogens with one attached hydrogen (secondary N) is 1. The van der Waals surface area contributed by atoms with Gasteiger partial charge in [-0.15, -0.1) is 24.0 Å². The average Bonchev–Trinajstić information content (AvgIpc) is 2.70. The smallest absolute Gasteiger partial charge is 0.416 e. The fourth-order valence-electron chi connectivity index (χ4n) is 3.04. The molecule has 1 aliphatic rings. The van der Waals surface area contributed by atoms with Crippen LogP contribution < -0.4 is 5.32 Å². The lowest BCUT2D eigenvalue weighted by molar-refractivity contribution is -0.149. The zero-order chi connectivity index (χ0) is 21.3. The van der Waals surface area contributed by atoms with E-state index in [1.807, 2.05) is 6.92 Å². The third-order valence-electron chi connectivity index (χ3n) is 4.48. The quantitative estimate of drug-likeness (QED) is 0.208. The Morgan fingerprint density at radius 3 is 2.60 bits per heavy atom. The molecule has 1 N–H and O–H groups in total. The van der Waals surface area contributed by atoms with Gasteiger partial charge in [-0.1, -0.05) is 17.9 Å². The minimum absolute atomic E-state index is 0. The fourth-order valence-corrected chi connectivity index (χ4v) is 3.04. The van der Waals surface area contributed by atoms with Gasteiger partial charge in [0.1, 0.15) is 6.54 Å². The van der Waals surface area contributed by atoms with E-state index in [1.165, 1.54) is 12.1 Å². The first-order valence-electron chi connectivity index (χ1n) is 9.71. The molecule has 0 aliphatic carbocycles. The van der Waals surface area contributed by atoms with Gasteiger partial charge in [-0.05, 0) is 44.9 Å². The lowest BCUT2D eigenvalue weighted by Crippen LogP contribution is -2.46. The first kappa shape index (κ1) is 26.1. The van der Waals surface area contributed by atoms with E-state index in [-0.39, 0.29) is 42.4 Å². The third-order valence-corrected chi connectivity index (χ3v) is 4.48. The van der Waals surface area contributed by atoms with E-state index >= 15 is 0 Å². The molecule has 9 heteroatoms. The van der Waals surface area contributed by atoms with Gasteiger partial charge in [0.2, 0.25) is 0 Å². The zero-order valence-corrected chi connectivity index (χ0v) is 19.4. The van der Waals surface area contributed by atoms with Crippen LogP contribution in [-0.4, -0.2) is 49.6 Å². The molecule has 1 aliphatic heterocycles. The fraction of sp³-hybridized carbons (Fsp3) is 0.524. The lowest BCUT2D eigenvalue weighted by Gasteiger charge is -2.33. The highest BCUT2D eigenvalue weighted by atomic mass is 127. The van der Waals surface area contributed by atoms with Crippen LogP contribution in [-0.2, 0) is 15.7 Å².